The number of nitrogens with one attached hydrogen (secondary N) is 1. The predicted molar refractivity (Wildman–Crippen MR) is 58.2 cm³/mol. The third kappa shape index (κ3) is 1.19. The number of nitrogens with two attached hydrogens (primary N) is 1. The standard InChI is InChI=1S/C11H9N3O/c12-8-1-2-10-9(5-8)11(14-13-10)7-3-4-15-6-7/h1-6H,12H2,(H,13,14). The van der Waals surface area contributed by atoms with Gasteiger partial charge in [-0.15, -0.1) is 0 Å². The average molecular weight is 199 g/mol. The second-order valence-electron chi connectivity index (χ2n) is 3.39. The van der Waals surface area contributed by atoms with E-state index in [0.717, 1.165) is 27.8 Å². The van der Waals surface area contributed by atoms with E-state index in [9.17, 15) is 0 Å². The fourth-order valence-electron chi connectivity index (χ4n) is 1.65. The van der Waals surface area contributed by atoms with Gasteiger partial charge in [-0.2, -0.15) is 5.10 Å². The average Bonchev–Trinajstić information content (AvgIpc) is 2.83. The molecule has 2 heterocycles. The number of furan rings is 1. The van der Waals surface area contributed by atoms with Crippen molar-refractivity contribution in [2.24, 2.45) is 0 Å². The minimum absolute atomic E-state index is 0.730. The Hall–Kier alpha value is -2.23. The lowest BCUT2D eigenvalue weighted by Crippen LogP contribution is -1.82. The van der Waals surface area contributed by atoms with Crippen molar-refractivity contribution in [2.75, 3.05) is 5.73 Å². The molecule has 4 nitrogen and oxygen atoms in total. The number of hydrogen-bond acceptors (Lipinski definition) is 3. The molecule has 0 unspecified atom stereocenters. The molecule has 74 valence electrons. The normalized spacial score (nSPS) is 10.9. The van der Waals surface area contributed by atoms with Crippen molar-refractivity contribution in [1.82, 2.24) is 10.2 Å². The zero-order valence-electron chi connectivity index (χ0n) is 7.90. The van der Waals surface area contributed by atoms with Crippen molar-refractivity contribution in [1.29, 1.82) is 0 Å². The first-order chi connectivity index (χ1) is 7.34. The molecule has 0 saturated carbocycles. The van der Waals surface area contributed by atoms with Gasteiger partial charge in [0.15, 0.2) is 0 Å². The van der Waals surface area contributed by atoms with Gasteiger partial charge in [0.25, 0.3) is 0 Å². The van der Waals surface area contributed by atoms with E-state index in [2.05, 4.69) is 10.2 Å². The summed E-state index contributed by atoms with van der Waals surface area (Å²) < 4.78 is 5.03. The molecule has 3 N–H and O–H groups in total. The van der Waals surface area contributed by atoms with Crippen LogP contribution in [0.1, 0.15) is 0 Å². The minimum Gasteiger partial charge on any atom is -0.472 e. The smallest absolute Gasteiger partial charge is 0.103 e. The van der Waals surface area contributed by atoms with Crippen LogP contribution in [0, 0.1) is 0 Å². The Morgan fingerprint density at radius 2 is 2.20 bits per heavy atom. The van der Waals surface area contributed by atoms with Crippen LogP contribution >= 0.6 is 0 Å². The third-order valence-electron chi connectivity index (χ3n) is 2.38. The van der Waals surface area contributed by atoms with E-state index in [1.165, 1.54) is 0 Å². The fourth-order valence-corrected chi connectivity index (χ4v) is 1.65. The SMILES string of the molecule is Nc1ccc2[nH]nc(-c3ccoc3)c2c1. The summed E-state index contributed by atoms with van der Waals surface area (Å²) >= 11 is 0. The Balaban J connectivity index is 2.32. The lowest BCUT2D eigenvalue weighted by atomic mass is 10.1. The summed E-state index contributed by atoms with van der Waals surface area (Å²) in [4.78, 5) is 0. The highest BCUT2D eigenvalue weighted by molar-refractivity contribution is 5.94. The summed E-state index contributed by atoms with van der Waals surface area (Å²) in [6.07, 6.45) is 3.29. The molecule has 3 aromatic rings. The Bertz CT molecular complexity index is 595. The Morgan fingerprint density at radius 1 is 1.27 bits per heavy atom. The van der Waals surface area contributed by atoms with E-state index in [-0.39, 0.29) is 0 Å². The van der Waals surface area contributed by atoms with Crippen molar-refractivity contribution in [3.63, 3.8) is 0 Å². The van der Waals surface area contributed by atoms with Crippen molar-refractivity contribution in [2.45, 2.75) is 0 Å². The first kappa shape index (κ1) is 8.11. The van der Waals surface area contributed by atoms with E-state index >= 15 is 0 Å². The van der Waals surface area contributed by atoms with Gasteiger partial charge < -0.3 is 10.2 Å². The summed E-state index contributed by atoms with van der Waals surface area (Å²) in [6, 6.07) is 7.54. The van der Waals surface area contributed by atoms with Gasteiger partial charge in [0.1, 0.15) is 5.69 Å². The maximum atomic E-state index is 5.74. The number of benzene rings is 1. The number of rotatable bonds is 1. The van der Waals surface area contributed by atoms with Crippen molar-refractivity contribution >= 4 is 16.6 Å². The fraction of sp³-hybridized carbons (Fsp3) is 0. The molecule has 4 heteroatoms. The molecule has 0 spiro atoms. The summed E-state index contributed by atoms with van der Waals surface area (Å²) in [6.45, 7) is 0. The van der Waals surface area contributed by atoms with Crippen LogP contribution in [0.15, 0.2) is 41.2 Å². The zero-order chi connectivity index (χ0) is 10.3. The number of H-pyrrole nitrogens is 1. The molecule has 15 heavy (non-hydrogen) atoms. The van der Waals surface area contributed by atoms with Gasteiger partial charge in [-0.3, -0.25) is 5.10 Å². The molecule has 2 aromatic heterocycles. The third-order valence-corrected chi connectivity index (χ3v) is 2.38. The first-order valence-electron chi connectivity index (χ1n) is 4.61. The van der Waals surface area contributed by atoms with Gasteiger partial charge in [-0.1, -0.05) is 0 Å². The highest BCUT2D eigenvalue weighted by Gasteiger charge is 2.08. The topological polar surface area (TPSA) is 67.8 Å². The predicted octanol–water partition coefficient (Wildman–Crippen LogP) is 2.41. The molecule has 0 bridgehead atoms. The first-order valence-corrected chi connectivity index (χ1v) is 4.61. The number of fused-ring (bicyclic) bond motifs is 1. The lowest BCUT2D eigenvalue weighted by molar-refractivity contribution is 0.568. The van der Waals surface area contributed by atoms with E-state index in [4.69, 9.17) is 10.2 Å². The van der Waals surface area contributed by atoms with Gasteiger partial charge in [0, 0.05) is 16.6 Å². The molecular formula is C11H9N3O. The van der Waals surface area contributed by atoms with Crippen LogP contribution in [0.3, 0.4) is 0 Å². The molecule has 0 fully saturated rings. The molecule has 0 saturated heterocycles. The van der Waals surface area contributed by atoms with Crippen molar-refractivity contribution in [3.05, 3.63) is 36.8 Å². The number of nitrogen functional groups attached to an aromatic ring is 1. The molecule has 0 aliphatic heterocycles. The Morgan fingerprint density at radius 3 is 3.00 bits per heavy atom. The highest BCUT2D eigenvalue weighted by atomic mass is 16.3. The van der Waals surface area contributed by atoms with Gasteiger partial charge in [-0.25, -0.2) is 0 Å². The van der Waals surface area contributed by atoms with Gasteiger partial charge in [-0.05, 0) is 24.3 Å². The minimum atomic E-state index is 0.730. The number of aromatic amines is 1. The molecule has 0 aliphatic carbocycles. The van der Waals surface area contributed by atoms with E-state index in [0.29, 0.717) is 0 Å². The van der Waals surface area contributed by atoms with Crippen LogP contribution in [0.25, 0.3) is 22.2 Å². The summed E-state index contributed by atoms with van der Waals surface area (Å²) in [5.41, 5.74) is 9.26. The Labute approximate surface area is 85.7 Å². The number of anilines is 1. The van der Waals surface area contributed by atoms with E-state index < -0.39 is 0 Å². The van der Waals surface area contributed by atoms with Gasteiger partial charge in [0.05, 0.1) is 18.0 Å². The largest absolute Gasteiger partial charge is 0.472 e. The molecule has 0 atom stereocenters. The van der Waals surface area contributed by atoms with Crippen LogP contribution in [-0.2, 0) is 0 Å². The lowest BCUT2D eigenvalue weighted by Gasteiger charge is -1.94. The zero-order valence-corrected chi connectivity index (χ0v) is 7.90. The maximum absolute atomic E-state index is 5.74. The number of aromatic nitrogens is 2. The second-order valence-corrected chi connectivity index (χ2v) is 3.39. The second kappa shape index (κ2) is 2.88. The number of nitrogens with zero attached hydrogens (tertiary/aromatic N) is 1. The van der Waals surface area contributed by atoms with Gasteiger partial charge in [0.2, 0.25) is 0 Å². The summed E-state index contributed by atoms with van der Waals surface area (Å²) in [5, 5.41) is 8.21. The quantitative estimate of drug-likeness (QED) is 0.591. The number of hydrogen-bond donors (Lipinski definition) is 2. The van der Waals surface area contributed by atoms with Crippen molar-refractivity contribution in [3.8, 4) is 11.3 Å². The summed E-state index contributed by atoms with van der Waals surface area (Å²) in [7, 11) is 0. The van der Waals surface area contributed by atoms with Crippen LogP contribution in [0.4, 0.5) is 5.69 Å². The van der Waals surface area contributed by atoms with Crippen LogP contribution in [0.2, 0.25) is 0 Å². The molecular weight excluding hydrogens is 190 g/mol. The molecule has 0 amide bonds. The monoisotopic (exact) mass is 199 g/mol. The highest BCUT2D eigenvalue weighted by Crippen LogP contribution is 2.27. The molecule has 3 rings (SSSR count). The molecule has 0 aliphatic rings. The maximum Gasteiger partial charge on any atom is 0.103 e. The molecule has 0 radical (unpaired) electrons. The van der Waals surface area contributed by atoms with Crippen LogP contribution in [-0.4, -0.2) is 10.2 Å². The van der Waals surface area contributed by atoms with Crippen molar-refractivity contribution < 1.29 is 4.42 Å². The Kier molecular flexibility index (Phi) is 1.56. The van der Waals surface area contributed by atoms with E-state index in [1.54, 1.807) is 12.5 Å². The van der Waals surface area contributed by atoms with Gasteiger partial charge >= 0.3 is 0 Å². The van der Waals surface area contributed by atoms with Crippen LogP contribution in [0.5, 0.6) is 0 Å². The molecule has 1 aromatic carbocycles. The summed E-state index contributed by atoms with van der Waals surface area (Å²) in [5.74, 6) is 0. The van der Waals surface area contributed by atoms with Crippen LogP contribution < -0.4 is 5.73 Å². The van der Waals surface area contributed by atoms with E-state index in [1.807, 2.05) is 24.3 Å².